The maximum Gasteiger partial charge on any atom is 1.00 e. The molecule has 0 radical (unpaired) electrons. The molecular formula is C12H19LiO. The molecule has 0 aliphatic heterocycles. The predicted octanol–water partition coefficient (Wildman–Crippen LogP) is 0.168. The van der Waals surface area contributed by atoms with Crippen molar-refractivity contribution >= 4 is 0 Å². The fourth-order valence-electron chi connectivity index (χ4n) is 3.43. The first kappa shape index (κ1) is 12.2. The molecule has 2 saturated carbocycles. The Labute approximate surface area is 99.5 Å². The molecule has 2 aliphatic carbocycles. The average molecular weight is 186 g/mol. The molecule has 2 rings (SSSR count). The molecule has 1 nitrogen and oxygen atoms in total. The Morgan fingerprint density at radius 1 is 1.36 bits per heavy atom. The average Bonchev–Trinajstić information content (AvgIpc) is 2.37. The molecule has 0 saturated heterocycles. The van der Waals surface area contributed by atoms with E-state index in [1.165, 1.54) is 25.5 Å². The van der Waals surface area contributed by atoms with E-state index in [2.05, 4.69) is 20.8 Å². The summed E-state index contributed by atoms with van der Waals surface area (Å²) < 4.78 is 5.53. The molecule has 0 aromatic carbocycles. The Morgan fingerprint density at radius 2 is 2.00 bits per heavy atom. The van der Waals surface area contributed by atoms with Gasteiger partial charge in [0.1, 0.15) is 0 Å². The van der Waals surface area contributed by atoms with Crippen LogP contribution in [-0.4, -0.2) is 6.10 Å². The van der Waals surface area contributed by atoms with Crippen molar-refractivity contribution in [2.45, 2.75) is 46.1 Å². The molecule has 2 fully saturated rings. The van der Waals surface area contributed by atoms with Gasteiger partial charge in [0.15, 0.2) is 0 Å². The van der Waals surface area contributed by atoms with Crippen molar-refractivity contribution in [1.29, 1.82) is 0 Å². The van der Waals surface area contributed by atoms with Gasteiger partial charge in [-0.1, -0.05) is 20.8 Å². The zero-order valence-electron chi connectivity index (χ0n) is 9.84. The maximum absolute atomic E-state index is 5.53. The molecule has 3 atom stereocenters. The van der Waals surface area contributed by atoms with E-state index < -0.39 is 0 Å². The molecule has 0 aromatic heterocycles. The van der Waals surface area contributed by atoms with Crippen LogP contribution in [0, 0.1) is 23.3 Å². The molecule has 0 N–H and O–H groups in total. The molecule has 0 aromatic rings. The van der Waals surface area contributed by atoms with Crippen LogP contribution in [0.15, 0.2) is 6.26 Å². The third-order valence-corrected chi connectivity index (χ3v) is 4.96. The SMILES string of the molecule is [CH-]=CO[C@H]1C[C@H]2CC[C@]1(C)C2(C)C.[Li+]. The van der Waals surface area contributed by atoms with Crippen molar-refractivity contribution in [1.82, 2.24) is 0 Å². The van der Waals surface area contributed by atoms with E-state index >= 15 is 0 Å². The van der Waals surface area contributed by atoms with E-state index in [9.17, 15) is 0 Å². The quantitative estimate of drug-likeness (QED) is 0.339. The van der Waals surface area contributed by atoms with Crippen LogP contribution in [0.2, 0.25) is 0 Å². The third-order valence-electron chi connectivity index (χ3n) is 4.96. The van der Waals surface area contributed by atoms with Crippen molar-refractivity contribution in [2.75, 3.05) is 0 Å². The van der Waals surface area contributed by atoms with Gasteiger partial charge in [-0.25, -0.2) is 0 Å². The van der Waals surface area contributed by atoms with Crippen LogP contribution in [0.25, 0.3) is 0 Å². The van der Waals surface area contributed by atoms with Gasteiger partial charge in [0.2, 0.25) is 0 Å². The van der Waals surface area contributed by atoms with Crippen molar-refractivity contribution in [3.05, 3.63) is 12.8 Å². The molecule has 0 heterocycles. The number of hydrogen-bond acceptors (Lipinski definition) is 1. The Morgan fingerprint density at radius 3 is 2.36 bits per heavy atom. The smallest absolute Gasteiger partial charge is 0.534 e. The van der Waals surface area contributed by atoms with E-state index in [1.807, 2.05) is 0 Å². The van der Waals surface area contributed by atoms with Crippen LogP contribution in [0.3, 0.4) is 0 Å². The number of ether oxygens (including phenoxy) is 1. The van der Waals surface area contributed by atoms with Gasteiger partial charge in [-0.3, -0.25) is 0 Å². The van der Waals surface area contributed by atoms with Crippen LogP contribution in [0.1, 0.15) is 40.0 Å². The normalized spacial score (nSPS) is 43.1. The second kappa shape index (κ2) is 3.62. The molecule has 0 amide bonds. The second-order valence-corrected chi connectivity index (χ2v) is 5.37. The summed E-state index contributed by atoms with van der Waals surface area (Å²) in [6.45, 7) is 12.5. The molecule has 2 aliphatic rings. The summed E-state index contributed by atoms with van der Waals surface area (Å²) >= 11 is 0. The standard InChI is InChI=1S/C12H19O.Li/c1-5-13-10-8-9-6-7-12(10,4)11(9,2)3;/h1,5,9-10H,6-8H2,2-4H3;/q-1;+1/t9-,10+,12+;/m1./s1. The third kappa shape index (κ3) is 1.29. The van der Waals surface area contributed by atoms with E-state index in [0.717, 1.165) is 5.92 Å². The van der Waals surface area contributed by atoms with Crippen LogP contribution >= 0.6 is 0 Å². The molecule has 14 heavy (non-hydrogen) atoms. The van der Waals surface area contributed by atoms with Gasteiger partial charge in [-0.05, 0) is 30.6 Å². The summed E-state index contributed by atoms with van der Waals surface area (Å²) in [5, 5.41) is 0. The van der Waals surface area contributed by atoms with Gasteiger partial charge in [-0.2, -0.15) is 0 Å². The van der Waals surface area contributed by atoms with Gasteiger partial charge in [0, 0.05) is 5.41 Å². The molecule has 2 heteroatoms. The molecule has 2 bridgehead atoms. The molecular weight excluding hydrogens is 167 g/mol. The zero-order valence-corrected chi connectivity index (χ0v) is 9.84. The van der Waals surface area contributed by atoms with Gasteiger partial charge < -0.3 is 11.3 Å². The Balaban J connectivity index is 0.000000980. The van der Waals surface area contributed by atoms with Gasteiger partial charge >= 0.3 is 18.9 Å². The first-order valence-corrected chi connectivity index (χ1v) is 5.21. The van der Waals surface area contributed by atoms with Crippen LogP contribution in [0.4, 0.5) is 0 Å². The minimum Gasteiger partial charge on any atom is -0.534 e. The zero-order chi connectivity index (χ0) is 9.69. The molecule has 0 spiro atoms. The minimum absolute atomic E-state index is 0. The number of hydrogen-bond donors (Lipinski definition) is 0. The van der Waals surface area contributed by atoms with Crippen LogP contribution < -0.4 is 18.9 Å². The first-order chi connectivity index (χ1) is 6.02. The second-order valence-electron chi connectivity index (χ2n) is 5.37. The summed E-state index contributed by atoms with van der Waals surface area (Å²) in [5.74, 6) is 0.836. The molecule has 0 unspecified atom stereocenters. The fourth-order valence-corrected chi connectivity index (χ4v) is 3.43. The largest absolute Gasteiger partial charge is 1.00 e. The summed E-state index contributed by atoms with van der Waals surface area (Å²) in [5.41, 5.74) is 0.772. The summed E-state index contributed by atoms with van der Waals surface area (Å²) in [4.78, 5) is 0. The first-order valence-electron chi connectivity index (χ1n) is 5.21. The number of fused-ring (bicyclic) bond motifs is 2. The van der Waals surface area contributed by atoms with Crippen molar-refractivity contribution in [3.8, 4) is 0 Å². The van der Waals surface area contributed by atoms with E-state index in [4.69, 9.17) is 11.3 Å². The van der Waals surface area contributed by atoms with Crippen LogP contribution in [-0.2, 0) is 4.74 Å². The topological polar surface area (TPSA) is 9.23 Å². The predicted molar refractivity (Wildman–Crippen MR) is 53.0 cm³/mol. The summed E-state index contributed by atoms with van der Waals surface area (Å²) in [7, 11) is 0. The van der Waals surface area contributed by atoms with E-state index in [0.29, 0.717) is 16.9 Å². The van der Waals surface area contributed by atoms with Gasteiger partial charge in [0.05, 0.1) is 6.10 Å². The maximum atomic E-state index is 5.53. The van der Waals surface area contributed by atoms with E-state index in [-0.39, 0.29) is 18.9 Å². The van der Waals surface area contributed by atoms with Crippen molar-refractivity contribution in [2.24, 2.45) is 16.7 Å². The van der Waals surface area contributed by atoms with Gasteiger partial charge in [-0.15, -0.1) is 6.26 Å². The van der Waals surface area contributed by atoms with Gasteiger partial charge in [0.25, 0.3) is 0 Å². The van der Waals surface area contributed by atoms with Crippen molar-refractivity contribution < 1.29 is 23.6 Å². The summed E-state index contributed by atoms with van der Waals surface area (Å²) in [6.07, 6.45) is 5.58. The van der Waals surface area contributed by atoms with E-state index in [1.54, 1.807) is 0 Å². The summed E-state index contributed by atoms with van der Waals surface area (Å²) in [6, 6.07) is 0. The Hall–Kier alpha value is 0.137. The number of rotatable bonds is 2. The fraction of sp³-hybridized carbons (Fsp3) is 0.833. The van der Waals surface area contributed by atoms with Crippen LogP contribution in [0.5, 0.6) is 0 Å². The monoisotopic (exact) mass is 186 g/mol. The molecule has 74 valence electrons. The minimum atomic E-state index is 0. The Bertz CT molecular complexity index is 236. The van der Waals surface area contributed by atoms with Crippen molar-refractivity contribution in [3.63, 3.8) is 0 Å². The Kier molecular flexibility index (Phi) is 3.15.